The van der Waals surface area contributed by atoms with Gasteiger partial charge in [0.15, 0.2) is 0 Å². The van der Waals surface area contributed by atoms with Gasteiger partial charge in [0.25, 0.3) is 0 Å². The molecule has 4 nitrogen and oxygen atoms in total. The van der Waals surface area contributed by atoms with Crippen molar-refractivity contribution in [2.24, 2.45) is 0 Å². The summed E-state index contributed by atoms with van der Waals surface area (Å²) in [6.07, 6.45) is 3.99. The van der Waals surface area contributed by atoms with Gasteiger partial charge in [0.2, 0.25) is 0 Å². The maximum absolute atomic E-state index is 12.3. The van der Waals surface area contributed by atoms with E-state index in [4.69, 9.17) is 4.74 Å². The summed E-state index contributed by atoms with van der Waals surface area (Å²) in [4.78, 5) is 14.8. The Balaban J connectivity index is 2.83. The van der Waals surface area contributed by atoms with Gasteiger partial charge in [-0.05, 0) is 60.0 Å². The first-order chi connectivity index (χ1) is 9.00. The fourth-order valence-electron chi connectivity index (χ4n) is 3.36. The number of ether oxygens (including phenoxy) is 1. The largest absolute Gasteiger partial charge is 0.465 e. The van der Waals surface area contributed by atoms with Crippen LogP contribution in [0.4, 0.5) is 0 Å². The van der Waals surface area contributed by atoms with E-state index in [0.29, 0.717) is 18.7 Å². The first-order valence-corrected chi connectivity index (χ1v) is 7.62. The van der Waals surface area contributed by atoms with Gasteiger partial charge in [-0.3, -0.25) is 9.69 Å². The Morgan fingerprint density at radius 1 is 1.47 bits per heavy atom. The molecule has 0 aliphatic heterocycles. The molecule has 0 amide bonds. The molecule has 1 saturated carbocycles. The van der Waals surface area contributed by atoms with Crippen molar-refractivity contribution in [3.63, 3.8) is 0 Å². The zero-order valence-corrected chi connectivity index (χ0v) is 13.2. The zero-order valence-electron chi connectivity index (χ0n) is 13.2. The third kappa shape index (κ3) is 3.69. The van der Waals surface area contributed by atoms with Crippen LogP contribution in [0.1, 0.15) is 53.4 Å². The second-order valence-corrected chi connectivity index (χ2v) is 5.73. The predicted octanol–water partition coefficient (Wildman–Crippen LogP) is 2.18. The summed E-state index contributed by atoms with van der Waals surface area (Å²) in [5.41, 5.74) is -0.485. The Morgan fingerprint density at radius 2 is 2.16 bits per heavy atom. The fraction of sp³-hybridized carbons (Fsp3) is 0.933. The van der Waals surface area contributed by atoms with Crippen LogP contribution in [0.3, 0.4) is 0 Å². The van der Waals surface area contributed by atoms with Crippen molar-refractivity contribution in [2.75, 3.05) is 20.2 Å². The number of hydrogen-bond acceptors (Lipinski definition) is 4. The van der Waals surface area contributed by atoms with Crippen molar-refractivity contribution in [3.05, 3.63) is 0 Å². The molecule has 1 N–H and O–H groups in total. The van der Waals surface area contributed by atoms with Crippen LogP contribution in [-0.4, -0.2) is 48.7 Å². The normalized spacial score (nSPS) is 27.8. The lowest BCUT2D eigenvalue weighted by molar-refractivity contribution is -0.153. The van der Waals surface area contributed by atoms with E-state index in [1.807, 2.05) is 14.0 Å². The average Bonchev–Trinajstić information content (AvgIpc) is 2.39. The van der Waals surface area contributed by atoms with E-state index in [2.05, 4.69) is 31.0 Å². The van der Waals surface area contributed by atoms with E-state index >= 15 is 0 Å². The van der Waals surface area contributed by atoms with Gasteiger partial charge < -0.3 is 10.1 Å². The Bertz CT molecular complexity index is 294. The number of nitrogens with zero attached hydrogens (tertiary/aromatic N) is 1. The van der Waals surface area contributed by atoms with E-state index in [1.54, 1.807) is 0 Å². The summed E-state index contributed by atoms with van der Waals surface area (Å²) in [5.74, 6) is -0.0815. The predicted molar refractivity (Wildman–Crippen MR) is 78.2 cm³/mol. The number of carbonyl (C=O) groups is 1. The van der Waals surface area contributed by atoms with E-state index in [1.165, 1.54) is 6.42 Å². The molecule has 0 bridgehead atoms. The Hall–Kier alpha value is -0.610. The van der Waals surface area contributed by atoms with Crippen LogP contribution in [0, 0.1) is 0 Å². The second kappa shape index (κ2) is 7.25. The lowest BCUT2D eigenvalue weighted by Crippen LogP contribution is -2.58. The summed E-state index contributed by atoms with van der Waals surface area (Å²) in [6.45, 7) is 10.0. The second-order valence-electron chi connectivity index (χ2n) is 5.73. The number of likely N-dealkylation sites (N-methyl/N-ethyl adjacent to an activating group) is 1. The van der Waals surface area contributed by atoms with E-state index in [0.717, 1.165) is 25.8 Å². The monoisotopic (exact) mass is 270 g/mol. The van der Waals surface area contributed by atoms with Crippen LogP contribution in [0.2, 0.25) is 0 Å². The number of rotatable bonds is 6. The van der Waals surface area contributed by atoms with Gasteiger partial charge in [-0.2, -0.15) is 0 Å². The highest BCUT2D eigenvalue weighted by Gasteiger charge is 2.44. The fourth-order valence-corrected chi connectivity index (χ4v) is 3.36. The molecule has 0 radical (unpaired) electrons. The van der Waals surface area contributed by atoms with Crippen LogP contribution in [-0.2, 0) is 9.53 Å². The van der Waals surface area contributed by atoms with E-state index < -0.39 is 5.54 Å². The van der Waals surface area contributed by atoms with Crippen LogP contribution >= 0.6 is 0 Å². The minimum atomic E-state index is -0.485. The molecule has 19 heavy (non-hydrogen) atoms. The van der Waals surface area contributed by atoms with Gasteiger partial charge >= 0.3 is 5.97 Å². The lowest BCUT2D eigenvalue weighted by atomic mass is 9.78. The minimum Gasteiger partial charge on any atom is -0.465 e. The standard InChI is InChI=1S/C15H30N2O2/c1-6-17(12(3)4)13-9-8-10-15(11-13,16-5)14(18)19-7-2/h12-13,16H,6-11H2,1-5H3. The molecule has 1 fully saturated rings. The summed E-state index contributed by atoms with van der Waals surface area (Å²) >= 11 is 0. The molecular formula is C15H30N2O2. The van der Waals surface area contributed by atoms with Crippen LogP contribution in [0.5, 0.6) is 0 Å². The van der Waals surface area contributed by atoms with Gasteiger partial charge in [-0.25, -0.2) is 0 Å². The molecule has 0 aromatic heterocycles. The first-order valence-electron chi connectivity index (χ1n) is 7.62. The summed E-state index contributed by atoms with van der Waals surface area (Å²) in [6, 6.07) is 0.987. The molecule has 0 aromatic rings. The molecule has 4 heteroatoms. The maximum atomic E-state index is 12.3. The quantitative estimate of drug-likeness (QED) is 0.751. The van der Waals surface area contributed by atoms with Gasteiger partial charge in [0, 0.05) is 12.1 Å². The molecule has 2 unspecified atom stereocenters. The van der Waals surface area contributed by atoms with Crippen molar-refractivity contribution in [3.8, 4) is 0 Å². The minimum absolute atomic E-state index is 0.0815. The van der Waals surface area contributed by atoms with Crippen LogP contribution in [0.25, 0.3) is 0 Å². The topological polar surface area (TPSA) is 41.6 Å². The number of esters is 1. The first kappa shape index (κ1) is 16.4. The lowest BCUT2D eigenvalue weighted by Gasteiger charge is -2.44. The third-order valence-electron chi connectivity index (χ3n) is 4.37. The average molecular weight is 270 g/mol. The summed E-state index contributed by atoms with van der Waals surface area (Å²) in [7, 11) is 1.88. The highest BCUT2D eigenvalue weighted by molar-refractivity contribution is 5.81. The molecule has 0 heterocycles. The van der Waals surface area contributed by atoms with Crippen molar-refractivity contribution in [1.29, 1.82) is 0 Å². The Labute approximate surface area is 117 Å². The summed E-state index contributed by atoms with van der Waals surface area (Å²) in [5, 5.41) is 3.25. The molecular weight excluding hydrogens is 240 g/mol. The van der Waals surface area contributed by atoms with Crippen LogP contribution in [0.15, 0.2) is 0 Å². The van der Waals surface area contributed by atoms with Gasteiger partial charge in [-0.1, -0.05) is 6.92 Å². The van der Waals surface area contributed by atoms with E-state index in [-0.39, 0.29) is 5.97 Å². The number of carbonyl (C=O) groups excluding carboxylic acids is 1. The number of hydrogen-bond donors (Lipinski definition) is 1. The molecule has 0 spiro atoms. The Kier molecular flexibility index (Phi) is 6.27. The molecule has 1 aliphatic carbocycles. The van der Waals surface area contributed by atoms with Crippen molar-refractivity contribution >= 4 is 5.97 Å². The van der Waals surface area contributed by atoms with Crippen molar-refractivity contribution in [2.45, 2.75) is 71.0 Å². The SMILES string of the molecule is CCOC(=O)C1(NC)CCCC(N(CC)C(C)C)C1. The molecule has 0 saturated heterocycles. The molecule has 112 valence electrons. The van der Waals surface area contributed by atoms with Crippen molar-refractivity contribution in [1.82, 2.24) is 10.2 Å². The molecule has 0 aromatic carbocycles. The maximum Gasteiger partial charge on any atom is 0.326 e. The molecule has 1 rings (SSSR count). The van der Waals surface area contributed by atoms with Crippen molar-refractivity contribution < 1.29 is 9.53 Å². The summed E-state index contributed by atoms with van der Waals surface area (Å²) < 4.78 is 5.28. The third-order valence-corrected chi connectivity index (χ3v) is 4.37. The highest BCUT2D eigenvalue weighted by atomic mass is 16.5. The van der Waals surface area contributed by atoms with E-state index in [9.17, 15) is 4.79 Å². The molecule has 2 atom stereocenters. The Morgan fingerprint density at radius 3 is 2.63 bits per heavy atom. The highest BCUT2D eigenvalue weighted by Crippen LogP contribution is 2.33. The van der Waals surface area contributed by atoms with Crippen LogP contribution < -0.4 is 5.32 Å². The van der Waals surface area contributed by atoms with Gasteiger partial charge in [0.05, 0.1) is 6.61 Å². The van der Waals surface area contributed by atoms with Gasteiger partial charge in [-0.15, -0.1) is 0 Å². The zero-order chi connectivity index (χ0) is 14.5. The number of nitrogens with one attached hydrogen (secondary N) is 1. The molecule has 1 aliphatic rings. The smallest absolute Gasteiger partial charge is 0.326 e. The van der Waals surface area contributed by atoms with Gasteiger partial charge in [0.1, 0.15) is 5.54 Å².